The first-order valence-corrected chi connectivity index (χ1v) is 8.37. The highest BCUT2D eigenvalue weighted by molar-refractivity contribution is 5.09. The molecule has 0 aromatic rings. The summed E-state index contributed by atoms with van der Waals surface area (Å²) in [5.74, 6) is 0. The lowest BCUT2D eigenvalue weighted by Crippen LogP contribution is -1.88. The van der Waals surface area contributed by atoms with E-state index >= 15 is 0 Å². The number of unbranched alkanes of at least 4 members (excludes halogenated alkanes) is 8. The molecule has 0 aliphatic carbocycles. The third-order valence-corrected chi connectivity index (χ3v) is 4.04. The smallest absolute Gasteiger partial charge is 0.0320 e. The molecule has 0 saturated heterocycles. The van der Waals surface area contributed by atoms with Crippen molar-refractivity contribution in [1.82, 2.24) is 0 Å². The van der Waals surface area contributed by atoms with Crippen molar-refractivity contribution in [2.24, 2.45) is 0 Å². The second-order valence-electron chi connectivity index (χ2n) is 5.89. The van der Waals surface area contributed by atoms with Crippen molar-refractivity contribution in [2.75, 3.05) is 0 Å². The number of rotatable bonds is 12. The summed E-state index contributed by atoms with van der Waals surface area (Å²) in [6, 6.07) is 0. The topological polar surface area (TPSA) is 0 Å². The molecular weight excluding hydrogens is 216 g/mol. The predicted octanol–water partition coefficient (Wildman–Crippen LogP) is 7.04. The monoisotopic (exact) mass is 252 g/mol. The van der Waals surface area contributed by atoms with Crippen LogP contribution in [0.4, 0.5) is 0 Å². The molecule has 0 amide bonds. The van der Waals surface area contributed by atoms with Gasteiger partial charge in [0.1, 0.15) is 0 Å². The molecule has 0 radical (unpaired) electrons. The van der Waals surface area contributed by atoms with E-state index in [0.717, 1.165) is 0 Å². The van der Waals surface area contributed by atoms with Gasteiger partial charge >= 0.3 is 0 Å². The minimum atomic E-state index is 1.34. The van der Waals surface area contributed by atoms with Gasteiger partial charge in [-0.2, -0.15) is 0 Å². The Morgan fingerprint density at radius 3 is 1.17 bits per heavy atom. The van der Waals surface area contributed by atoms with Crippen LogP contribution in [0.3, 0.4) is 0 Å². The highest BCUT2D eigenvalue weighted by Crippen LogP contribution is 2.18. The number of hydrogen-bond donors (Lipinski definition) is 0. The Hall–Kier alpha value is -0.260. The van der Waals surface area contributed by atoms with E-state index < -0.39 is 0 Å². The van der Waals surface area contributed by atoms with Crippen LogP contribution in [-0.4, -0.2) is 0 Å². The average molecular weight is 252 g/mol. The molecule has 0 heterocycles. The normalized spacial score (nSPS) is 12.7. The Labute approximate surface area is 116 Å². The van der Waals surface area contributed by atoms with E-state index in [0.29, 0.717) is 0 Å². The average Bonchev–Trinajstić information content (AvgIpc) is 2.37. The largest absolute Gasteiger partial charge is 0.0744 e. The van der Waals surface area contributed by atoms with Crippen molar-refractivity contribution in [3.05, 3.63) is 11.1 Å². The second kappa shape index (κ2) is 13.2. The predicted molar refractivity (Wildman–Crippen MR) is 85.1 cm³/mol. The van der Waals surface area contributed by atoms with E-state index in [2.05, 4.69) is 27.7 Å². The van der Waals surface area contributed by atoms with Crippen molar-refractivity contribution in [3.63, 3.8) is 0 Å². The fraction of sp³-hybridized carbons (Fsp3) is 0.889. The zero-order valence-corrected chi connectivity index (χ0v) is 13.5. The summed E-state index contributed by atoms with van der Waals surface area (Å²) < 4.78 is 0. The highest BCUT2D eigenvalue weighted by Gasteiger charge is 1.98. The summed E-state index contributed by atoms with van der Waals surface area (Å²) in [7, 11) is 0. The SMILES string of the molecule is CCCCCCCC(C)=C(C)CCCCCCC. The molecule has 0 aromatic heterocycles. The molecular formula is C18H36. The fourth-order valence-electron chi connectivity index (χ4n) is 2.41. The molecule has 18 heavy (non-hydrogen) atoms. The van der Waals surface area contributed by atoms with Crippen molar-refractivity contribution in [2.45, 2.75) is 105 Å². The van der Waals surface area contributed by atoms with Crippen LogP contribution in [0.25, 0.3) is 0 Å². The molecule has 0 rings (SSSR count). The lowest BCUT2D eigenvalue weighted by molar-refractivity contribution is 0.617. The molecule has 0 N–H and O–H groups in total. The number of hydrogen-bond acceptors (Lipinski definition) is 0. The molecule has 108 valence electrons. The van der Waals surface area contributed by atoms with Crippen LogP contribution in [0.1, 0.15) is 105 Å². The molecule has 0 fully saturated rings. The summed E-state index contributed by atoms with van der Waals surface area (Å²) in [6.07, 6.45) is 16.7. The summed E-state index contributed by atoms with van der Waals surface area (Å²) in [5, 5.41) is 0. The Bertz CT molecular complexity index is 178. The molecule has 0 heteroatoms. The van der Waals surface area contributed by atoms with E-state index in [9.17, 15) is 0 Å². The van der Waals surface area contributed by atoms with Crippen molar-refractivity contribution in [3.8, 4) is 0 Å². The molecule has 0 aliphatic heterocycles. The maximum Gasteiger partial charge on any atom is -0.0320 e. The van der Waals surface area contributed by atoms with E-state index in [1.54, 1.807) is 11.1 Å². The van der Waals surface area contributed by atoms with Gasteiger partial charge in [-0.25, -0.2) is 0 Å². The van der Waals surface area contributed by atoms with E-state index in [1.807, 2.05) is 0 Å². The maximum atomic E-state index is 2.35. The fourth-order valence-corrected chi connectivity index (χ4v) is 2.41. The Morgan fingerprint density at radius 1 is 0.500 bits per heavy atom. The van der Waals surface area contributed by atoms with E-state index in [4.69, 9.17) is 0 Å². The Balaban J connectivity index is 3.56. The first-order chi connectivity index (χ1) is 8.72. The van der Waals surface area contributed by atoms with Crippen LogP contribution in [0.15, 0.2) is 11.1 Å². The lowest BCUT2D eigenvalue weighted by atomic mass is 9.99. The van der Waals surface area contributed by atoms with Gasteiger partial charge in [0.05, 0.1) is 0 Å². The molecule has 0 nitrogen and oxygen atoms in total. The lowest BCUT2D eigenvalue weighted by Gasteiger charge is -2.08. The van der Waals surface area contributed by atoms with Crippen LogP contribution in [0, 0.1) is 0 Å². The van der Waals surface area contributed by atoms with Crippen LogP contribution < -0.4 is 0 Å². The van der Waals surface area contributed by atoms with Gasteiger partial charge in [-0.05, 0) is 39.5 Å². The minimum Gasteiger partial charge on any atom is -0.0744 e. The van der Waals surface area contributed by atoms with Crippen molar-refractivity contribution in [1.29, 1.82) is 0 Å². The second-order valence-corrected chi connectivity index (χ2v) is 5.89. The first-order valence-electron chi connectivity index (χ1n) is 8.37. The standard InChI is InChI=1S/C18H36/c1-5-7-9-11-13-15-17(3)18(4)16-14-12-10-8-6-2/h5-16H2,1-4H3. The molecule has 0 unspecified atom stereocenters. The summed E-state index contributed by atoms with van der Waals surface area (Å²) >= 11 is 0. The van der Waals surface area contributed by atoms with Gasteiger partial charge in [-0.3, -0.25) is 0 Å². The molecule has 0 atom stereocenters. The number of allylic oxidation sites excluding steroid dienone is 2. The maximum absolute atomic E-state index is 2.35. The molecule has 0 spiro atoms. The molecule has 0 bridgehead atoms. The summed E-state index contributed by atoms with van der Waals surface area (Å²) in [5.41, 5.74) is 3.34. The Morgan fingerprint density at radius 2 is 0.833 bits per heavy atom. The van der Waals surface area contributed by atoms with Gasteiger partial charge in [0.15, 0.2) is 0 Å². The van der Waals surface area contributed by atoms with Gasteiger partial charge in [0.2, 0.25) is 0 Å². The highest BCUT2D eigenvalue weighted by atomic mass is 14.0. The molecule has 0 aliphatic rings. The van der Waals surface area contributed by atoms with Crippen LogP contribution in [-0.2, 0) is 0 Å². The van der Waals surface area contributed by atoms with Gasteiger partial charge in [-0.15, -0.1) is 0 Å². The molecule has 0 aromatic carbocycles. The zero-order chi connectivity index (χ0) is 13.6. The summed E-state index contributed by atoms with van der Waals surface area (Å²) in [6.45, 7) is 9.27. The quantitative estimate of drug-likeness (QED) is 0.258. The van der Waals surface area contributed by atoms with Crippen molar-refractivity contribution >= 4 is 0 Å². The molecule has 0 saturated carbocycles. The minimum absolute atomic E-state index is 1.34. The Kier molecular flexibility index (Phi) is 13.0. The van der Waals surface area contributed by atoms with Crippen LogP contribution >= 0.6 is 0 Å². The van der Waals surface area contributed by atoms with Gasteiger partial charge < -0.3 is 0 Å². The zero-order valence-electron chi connectivity index (χ0n) is 13.5. The third-order valence-electron chi connectivity index (χ3n) is 4.04. The van der Waals surface area contributed by atoms with Crippen LogP contribution in [0.2, 0.25) is 0 Å². The van der Waals surface area contributed by atoms with Gasteiger partial charge in [-0.1, -0.05) is 76.4 Å². The van der Waals surface area contributed by atoms with Crippen molar-refractivity contribution < 1.29 is 0 Å². The van der Waals surface area contributed by atoms with Gasteiger partial charge in [0, 0.05) is 0 Å². The van der Waals surface area contributed by atoms with Gasteiger partial charge in [0.25, 0.3) is 0 Å². The first kappa shape index (κ1) is 17.7. The van der Waals surface area contributed by atoms with Crippen LogP contribution in [0.5, 0.6) is 0 Å². The van der Waals surface area contributed by atoms with E-state index in [-0.39, 0.29) is 0 Å². The van der Waals surface area contributed by atoms with E-state index in [1.165, 1.54) is 77.0 Å². The third kappa shape index (κ3) is 10.9. The summed E-state index contributed by atoms with van der Waals surface area (Å²) in [4.78, 5) is 0.